The summed E-state index contributed by atoms with van der Waals surface area (Å²) in [5.41, 5.74) is 2.02. The Balaban J connectivity index is 2.56. The van der Waals surface area contributed by atoms with E-state index in [-0.39, 0.29) is 0 Å². The molecule has 0 aromatic heterocycles. The Labute approximate surface area is 96.0 Å². The highest BCUT2D eigenvalue weighted by atomic mass is 16.5. The molecule has 1 aliphatic rings. The summed E-state index contributed by atoms with van der Waals surface area (Å²) in [5, 5.41) is 10.1. The molecular formula is C13H18O3. The quantitative estimate of drug-likeness (QED) is 0.781. The number of hydrogen-bond donors (Lipinski definition) is 1. The lowest BCUT2D eigenvalue weighted by atomic mass is 9.99. The number of fused-ring (bicyclic) bond motifs is 1. The Morgan fingerprint density at radius 3 is 2.50 bits per heavy atom. The Hall–Kier alpha value is -1.22. The van der Waals surface area contributed by atoms with E-state index >= 15 is 0 Å². The molecule has 1 aromatic carbocycles. The number of aliphatic hydroxyl groups is 1. The highest BCUT2D eigenvalue weighted by molar-refractivity contribution is 5.50. The molecule has 0 spiro atoms. The zero-order chi connectivity index (χ0) is 11.5. The number of ether oxygens (including phenoxy) is 2. The van der Waals surface area contributed by atoms with Crippen LogP contribution in [0.15, 0.2) is 12.1 Å². The fraction of sp³-hybridized carbons (Fsp3) is 0.538. The van der Waals surface area contributed by atoms with Crippen molar-refractivity contribution < 1.29 is 14.6 Å². The molecule has 0 heterocycles. The summed E-state index contributed by atoms with van der Waals surface area (Å²) >= 11 is 0. The third kappa shape index (κ3) is 1.87. The summed E-state index contributed by atoms with van der Waals surface area (Å²) < 4.78 is 10.7. The summed E-state index contributed by atoms with van der Waals surface area (Å²) in [5.74, 6) is 1.63. The largest absolute Gasteiger partial charge is 0.496 e. The number of methoxy groups -OCH3 is 2. The van der Waals surface area contributed by atoms with Crippen molar-refractivity contribution in [3.05, 3.63) is 23.3 Å². The second-order valence-corrected chi connectivity index (χ2v) is 4.12. The van der Waals surface area contributed by atoms with Gasteiger partial charge in [-0.1, -0.05) is 6.42 Å². The fourth-order valence-electron chi connectivity index (χ4n) is 2.40. The second-order valence-electron chi connectivity index (χ2n) is 4.12. The smallest absolute Gasteiger partial charge is 0.125 e. The van der Waals surface area contributed by atoms with Crippen LogP contribution in [0.1, 0.15) is 36.5 Å². The number of hydrogen-bond acceptors (Lipinski definition) is 3. The van der Waals surface area contributed by atoms with Crippen molar-refractivity contribution in [3.63, 3.8) is 0 Å². The van der Waals surface area contributed by atoms with Crippen molar-refractivity contribution in [2.75, 3.05) is 14.2 Å². The van der Waals surface area contributed by atoms with Gasteiger partial charge in [-0.05, 0) is 31.4 Å². The number of benzene rings is 1. The maximum Gasteiger partial charge on any atom is 0.125 e. The van der Waals surface area contributed by atoms with Gasteiger partial charge < -0.3 is 14.6 Å². The predicted octanol–water partition coefficient (Wildman–Crippen LogP) is 2.46. The average Bonchev–Trinajstić information content (AvgIpc) is 2.51. The Kier molecular flexibility index (Phi) is 3.34. The highest BCUT2D eigenvalue weighted by Gasteiger charge is 2.23. The van der Waals surface area contributed by atoms with Crippen molar-refractivity contribution in [1.82, 2.24) is 0 Å². The van der Waals surface area contributed by atoms with Gasteiger partial charge in [0.25, 0.3) is 0 Å². The molecule has 0 radical (unpaired) electrons. The maximum atomic E-state index is 10.1. The normalized spacial score (nSPS) is 19.8. The van der Waals surface area contributed by atoms with Crippen LogP contribution in [-0.2, 0) is 6.42 Å². The Morgan fingerprint density at radius 1 is 1.12 bits per heavy atom. The molecule has 1 aromatic rings. The molecule has 1 aliphatic carbocycles. The molecule has 1 N–H and O–H groups in total. The van der Waals surface area contributed by atoms with Gasteiger partial charge in [0.2, 0.25) is 0 Å². The molecule has 0 bridgehead atoms. The Morgan fingerprint density at radius 2 is 1.81 bits per heavy atom. The number of aliphatic hydroxyl groups excluding tert-OH is 1. The Bertz CT molecular complexity index is 374. The van der Waals surface area contributed by atoms with Crippen molar-refractivity contribution in [2.45, 2.75) is 31.8 Å². The maximum absolute atomic E-state index is 10.1. The first kappa shape index (κ1) is 11.3. The van der Waals surface area contributed by atoms with E-state index in [1.807, 2.05) is 12.1 Å². The molecule has 0 saturated carbocycles. The standard InChI is InChI=1S/C13H18O3/c1-15-11-7-8-12(16-2)13-9(11)5-3-4-6-10(13)14/h7-8,10,14H,3-6H2,1-2H3/t10-/m0/s1. The van der Waals surface area contributed by atoms with Crippen LogP contribution >= 0.6 is 0 Å². The van der Waals surface area contributed by atoms with Crippen molar-refractivity contribution in [3.8, 4) is 11.5 Å². The van der Waals surface area contributed by atoms with Crippen LogP contribution in [0.25, 0.3) is 0 Å². The van der Waals surface area contributed by atoms with Crippen LogP contribution in [-0.4, -0.2) is 19.3 Å². The average molecular weight is 222 g/mol. The van der Waals surface area contributed by atoms with E-state index in [0.29, 0.717) is 0 Å². The minimum Gasteiger partial charge on any atom is -0.496 e. The molecule has 0 fully saturated rings. The second kappa shape index (κ2) is 4.74. The first-order chi connectivity index (χ1) is 7.77. The summed E-state index contributed by atoms with van der Waals surface area (Å²) in [7, 11) is 3.30. The van der Waals surface area contributed by atoms with Gasteiger partial charge in [0.1, 0.15) is 11.5 Å². The van der Waals surface area contributed by atoms with E-state index in [4.69, 9.17) is 9.47 Å². The molecule has 0 aliphatic heterocycles. The van der Waals surface area contributed by atoms with Crippen molar-refractivity contribution in [1.29, 1.82) is 0 Å². The van der Waals surface area contributed by atoms with Gasteiger partial charge in [-0.15, -0.1) is 0 Å². The van der Waals surface area contributed by atoms with Gasteiger partial charge in [-0.2, -0.15) is 0 Å². The van der Waals surface area contributed by atoms with Crippen LogP contribution in [0.2, 0.25) is 0 Å². The lowest BCUT2D eigenvalue weighted by Gasteiger charge is -2.18. The lowest BCUT2D eigenvalue weighted by molar-refractivity contribution is 0.162. The molecule has 16 heavy (non-hydrogen) atoms. The summed E-state index contributed by atoms with van der Waals surface area (Å²) in [6.07, 6.45) is 3.46. The van der Waals surface area contributed by atoms with Crippen LogP contribution in [0, 0.1) is 0 Å². The molecule has 88 valence electrons. The lowest BCUT2D eigenvalue weighted by Crippen LogP contribution is -2.04. The highest BCUT2D eigenvalue weighted by Crippen LogP contribution is 2.39. The third-order valence-corrected chi connectivity index (χ3v) is 3.20. The van der Waals surface area contributed by atoms with Crippen LogP contribution in [0.4, 0.5) is 0 Å². The molecular weight excluding hydrogens is 204 g/mol. The molecule has 0 amide bonds. The SMILES string of the molecule is COc1ccc(OC)c2c1CCCC[C@@H]2O. The molecule has 3 heteroatoms. The van der Waals surface area contributed by atoms with Gasteiger partial charge in [0, 0.05) is 11.1 Å². The van der Waals surface area contributed by atoms with E-state index in [1.54, 1.807) is 14.2 Å². The molecule has 0 saturated heterocycles. The predicted molar refractivity (Wildman–Crippen MR) is 62.1 cm³/mol. The third-order valence-electron chi connectivity index (χ3n) is 3.20. The topological polar surface area (TPSA) is 38.7 Å². The number of rotatable bonds is 2. The van der Waals surface area contributed by atoms with E-state index in [1.165, 1.54) is 0 Å². The zero-order valence-corrected chi connectivity index (χ0v) is 9.82. The fourth-order valence-corrected chi connectivity index (χ4v) is 2.40. The minimum atomic E-state index is -0.428. The van der Waals surface area contributed by atoms with Gasteiger partial charge in [0.05, 0.1) is 20.3 Å². The van der Waals surface area contributed by atoms with E-state index in [9.17, 15) is 5.11 Å². The monoisotopic (exact) mass is 222 g/mol. The molecule has 2 rings (SSSR count). The first-order valence-electron chi connectivity index (χ1n) is 5.69. The van der Waals surface area contributed by atoms with Crippen molar-refractivity contribution in [2.24, 2.45) is 0 Å². The van der Waals surface area contributed by atoms with Crippen molar-refractivity contribution >= 4 is 0 Å². The van der Waals surface area contributed by atoms with Crippen LogP contribution in [0.5, 0.6) is 11.5 Å². The summed E-state index contributed by atoms with van der Waals surface area (Å²) in [4.78, 5) is 0. The van der Waals surface area contributed by atoms with Crippen LogP contribution in [0.3, 0.4) is 0 Å². The first-order valence-corrected chi connectivity index (χ1v) is 5.69. The van der Waals surface area contributed by atoms with Gasteiger partial charge in [-0.25, -0.2) is 0 Å². The zero-order valence-electron chi connectivity index (χ0n) is 9.82. The van der Waals surface area contributed by atoms with E-state index < -0.39 is 6.10 Å². The molecule has 0 unspecified atom stereocenters. The van der Waals surface area contributed by atoms with Crippen LogP contribution < -0.4 is 9.47 Å². The van der Waals surface area contributed by atoms with E-state index in [2.05, 4.69) is 0 Å². The molecule has 1 atom stereocenters. The summed E-state index contributed by atoms with van der Waals surface area (Å²) in [6, 6.07) is 3.78. The van der Waals surface area contributed by atoms with E-state index in [0.717, 1.165) is 48.3 Å². The summed E-state index contributed by atoms with van der Waals surface area (Å²) in [6.45, 7) is 0. The van der Waals surface area contributed by atoms with Gasteiger partial charge in [0.15, 0.2) is 0 Å². The van der Waals surface area contributed by atoms with Gasteiger partial charge >= 0.3 is 0 Å². The minimum absolute atomic E-state index is 0.428. The van der Waals surface area contributed by atoms with Gasteiger partial charge in [-0.3, -0.25) is 0 Å². The molecule has 3 nitrogen and oxygen atoms in total.